The van der Waals surface area contributed by atoms with Gasteiger partial charge in [-0.25, -0.2) is 4.98 Å². The van der Waals surface area contributed by atoms with Crippen molar-refractivity contribution in [1.82, 2.24) is 4.98 Å². The van der Waals surface area contributed by atoms with Gasteiger partial charge in [0.05, 0.1) is 11.8 Å². The minimum Gasteiger partial charge on any atom is -0.423 e. The first-order chi connectivity index (χ1) is 12.7. The Kier molecular flexibility index (Phi) is 5.37. The predicted molar refractivity (Wildman–Crippen MR) is 107 cm³/mol. The smallest absolute Gasteiger partial charge is 0.297 e. The molecule has 0 bridgehead atoms. The van der Waals surface area contributed by atoms with E-state index in [0.29, 0.717) is 5.92 Å². The first kappa shape index (κ1) is 18.1. The molecule has 5 heteroatoms. The number of piperidine rings is 1. The third-order valence-electron chi connectivity index (χ3n) is 6.26. The van der Waals surface area contributed by atoms with Crippen LogP contribution in [0.4, 0.5) is 6.01 Å². The number of ether oxygens (including phenoxy) is 1. The number of hydrogen-bond acceptors (Lipinski definition) is 4. The molecular formula is C21H27BrN2O2. The van der Waals surface area contributed by atoms with Gasteiger partial charge in [-0.1, -0.05) is 47.3 Å². The van der Waals surface area contributed by atoms with Gasteiger partial charge < -0.3 is 14.1 Å². The van der Waals surface area contributed by atoms with Gasteiger partial charge in [-0.2, -0.15) is 0 Å². The van der Waals surface area contributed by atoms with Crippen LogP contribution in [0.2, 0.25) is 0 Å². The SMILES string of the molecule is COC1(C2CCCCC2)CCN(c2ncc(-c3ccc(Br)cc3)o2)CC1. The van der Waals surface area contributed by atoms with Crippen molar-refractivity contribution in [2.24, 2.45) is 5.92 Å². The van der Waals surface area contributed by atoms with Crippen LogP contribution < -0.4 is 4.90 Å². The number of nitrogens with zero attached hydrogens (tertiary/aromatic N) is 2. The maximum absolute atomic E-state index is 6.11. The van der Waals surface area contributed by atoms with E-state index < -0.39 is 0 Å². The average molecular weight is 419 g/mol. The van der Waals surface area contributed by atoms with E-state index in [9.17, 15) is 0 Å². The third kappa shape index (κ3) is 3.56. The molecule has 4 nitrogen and oxygen atoms in total. The zero-order valence-corrected chi connectivity index (χ0v) is 17.0. The molecule has 26 heavy (non-hydrogen) atoms. The average Bonchev–Trinajstić information content (AvgIpc) is 3.19. The maximum Gasteiger partial charge on any atom is 0.297 e. The van der Waals surface area contributed by atoms with Crippen molar-refractivity contribution >= 4 is 21.9 Å². The second kappa shape index (κ2) is 7.73. The quantitative estimate of drug-likeness (QED) is 0.640. The fraction of sp³-hybridized carbons (Fsp3) is 0.571. The number of benzene rings is 1. The lowest BCUT2D eigenvalue weighted by Crippen LogP contribution is -2.50. The lowest BCUT2D eigenvalue weighted by atomic mass is 9.72. The summed E-state index contributed by atoms with van der Waals surface area (Å²) in [5.41, 5.74) is 1.11. The van der Waals surface area contributed by atoms with E-state index in [1.54, 1.807) is 0 Å². The maximum atomic E-state index is 6.11. The molecule has 1 aromatic heterocycles. The predicted octanol–water partition coefficient (Wildman–Crippen LogP) is 5.67. The molecule has 1 saturated carbocycles. The molecule has 1 aliphatic heterocycles. The number of halogens is 1. The summed E-state index contributed by atoms with van der Waals surface area (Å²) in [6, 6.07) is 8.87. The number of methoxy groups -OCH3 is 1. The molecule has 1 aliphatic carbocycles. The van der Waals surface area contributed by atoms with E-state index >= 15 is 0 Å². The number of rotatable bonds is 4. The number of aromatic nitrogens is 1. The van der Waals surface area contributed by atoms with Gasteiger partial charge in [-0.3, -0.25) is 0 Å². The van der Waals surface area contributed by atoms with Gasteiger partial charge in [0.15, 0.2) is 5.76 Å². The highest BCUT2D eigenvalue weighted by Gasteiger charge is 2.42. The summed E-state index contributed by atoms with van der Waals surface area (Å²) in [7, 11) is 1.90. The Morgan fingerprint density at radius 1 is 1.12 bits per heavy atom. The molecule has 2 heterocycles. The first-order valence-electron chi connectivity index (χ1n) is 9.72. The summed E-state index contributed by atoms with van der Waals surface area (Å²) in [5, 5.41) is 0. The first-order valence-corrected chi connectivity index (χ1v) is 10.5. The van der Waals surface area contributed by atoms with Crippen molar-refractivity contribution in [2.75, 3.05) is 25.1 Å². The van der Waals surface area contributed by atoms with Crippen LogP contribution in [0.25, 0.3) is 11.3 Å². The Hall–Kier alpha value is -1.33. The van der Waals surface area contributed by atoms with Crippen LogP contribution in [-0.2, 0) is 4.74 Å². The van der Waals surface area contributed by atoms with Gasteiger partial charge in [0.25, 0.3) is 6.01 Å². The lowest BCUT2D eigenvalue weighted by molar-refractivity contribution is -0.0859. The van der Waals surface area contributed by atoms with Crippen LogP contribution in [0.3, 0.4) is 0 Å². The van der Waals surface area contributed by atoms with Crippen LogP contribution in [0, 0.1) is 5.92 Å². The van der Waals surface area contributed by atoms with Crippen molar-refractivity contribution < 1.29 is 9.15 Å². The highest BCUT2D eigenvalue weighted by molar-refractivity contribution is 9.10. The van der Waals surface area contributed by atoms with Crippen molar-refractivity contribution in [2.45, 2.75) is 50.5 Å². The summed E-state index contributed by atoms with van der Waals surface area (Å²) in [5.74, 6) is 1.54. The standard InChI is InChI=1S/C21H27BrN2O2/c1-25-21(17-5-3-2-4-6-17)11-13-24(14-12-21)20-23-15-19(26-20)16-7-9-18(22)10-8-16/h7-10,15,17H,2-6,11-14H2,1H3. The normalized spacial score (nSPS) is 21.1. The van der Waals surface area contributed by atoms with Crippen LogP contribution in [0.1, 0.15) is 44.9 Å². The van der Waals surface area contributed by atoms with Gasteiger partial charge in [-0.15, -0.1) is 0 Å². The molecule has 140 valence electrons. The van der Waals surface area contributed by atoms with Crippen LogP contribution in [0.15, 0.2) is 39.4 Å². The van der Waals surface area contributed by atoms with Crippen molar-refractivity contribution in [3.63, 3.8) is 0 Å². The Morgan fingerprint density at radius 3 is 2.46 bits per heavy atom. The highest BCUT2D eigenvalue weighted by atomic mass is 79.9. The molecule has 2 aliphatic rings. The van der Waals surface area contributed by atoms with E-state index in [-0.39, 0.29) is 5.60 Å². The van der Waals surface area contributed by atoms with Gasteiger partial charge >= 0.3 is 0 Å². The van der Waals surface area contributed by atoms with Gasteiger partial charge in [0.2, 0.25) is 0 Å². The summed E-state index contributed by atoms with van der Waals surface area (Å²) in [4.78, 5) is 6.80. The molecule has 0 amide bonds. The summed E-state index contributed by atoms with van der Waals surface area (Å²) >= 11 is 3.47. The molecule has 2 fully saturated rings. The highest BCUT2D eigenvalue weighted by Crippen LogP contribution is 2.42. The fourth-order valence-corrected chi connectivity index (χ4v) is 4.91. The molecule has 0 atom stereocenters. The van der Waals surface area contributed by atoms with Crippen molar-refractivity contribution in [3.8, 4) is 11.3 Å². The Bertz CT molecular complexity index is 714. The van der Waals surface area contributed by atoms with E-state index in [1.807, 2.05) is 37.6 Å². The van der Waals surface area contributed by atoms with E-state index in [4.69, 9.17) is 9.15 Å². The van der Waals surface area contributed by atoms with Crippen LogP contribution in [0.5, 0.6) is 0 Å². The van der Waals surface area contributed by atoms with Crippen LogP contribution in [-0.4, -0.2) is 30.8 Å². The molecule has 1 saturated heterocycles. The van der Waals surface area contributed by atoms with E-state index in [1.165, 1.54) is 32.1 Å². The molecule has 4 rings (SSSR count). The zero-order chi connectivity index (χ0) is 18.0. The van der Waals surface area contributed by atoms with Gasteiger partial charge in [0.1, 0.15) is 0 Å². The van der Waals surface area contributed by atoms with Gasteiger partial charge in [-0.05, 0) is 43.7 Å². The minimum atomic E-state index is 0.0536. The van der Waals surface area contributed by atoms with Crippen molar-refractivity contribution in [1.29, 1.82) is 0 Å². The number of anilines is 1. The second-order valence-electron chi connectivity index (χ2n) is 7.60. The molecule has 0 N–H and O–H groups in total. The molecular weight excluding hydrogens is 392 g/mol. The summed E-state index contributed by atoms with van der Waals surface area (Å²) in [6.07, 6.45) is 10.7. The van der Waals surface area contributed by atoms with Gasteiger partial charge in [0, 0.05) is 30.2 Å². The lowest BCUT2D eigenvalue weighted by Gasteiger charge is -2.46. The fourth-order valence-electron chi connectivity index (χ4n) is 4.64. The summed E-state index contributed by atoms with van der Waals surface area (Å²) < 4.78 is 13.2. The topological polar surface area (TPSA) is 38.5 Å². The third-order valence-corrected chi connectivity index (χ3v) is 6.79. The van der Waals surface area contributed by atoms with Crippen molar-refractivity contribution in [3.05, 3.63) is 34.9 Å². The monoisotopic (exact) mass is 418 g/mol. The Labute approximate surface area is 164 Å². The summed E-state index contributed by atoms with van der Waals surface area (Å²) in [6.45, 7) is 1.90. The van der Waals surface area contributed by atoms with Crippen LogP contribution >= 0.6 is 15.9 Å². The molecule has 0 radical (unpaired) electrons. The largest absolute Gasteiger partial charge is 0.423 e. The Balaban J connectivity index is 1.44. The Morgan fingerprint density at radius 2 is 1.81 bits per heavy atom. The molecule has 2 aromatic rings. The zero-order valence-electron chi connectivity index (χ0n) is 15.4. The minimum absolute atomic E-state index is 0.0536. The number of oxazole rings is 1. The molecule has 0 spiro atoms. The van der Waals surface area contributed by atoms with E-state index in [0.717, 1.165) is 47.7 Å². The second-order valence-corrected chi connectivity index (χ2v) is 8.52. The molecule has 0 unspecified atom stereocenters. The van der Waals surface area contributed by atoms with E-state index in [2.05, 4.69) is 25.8 Å². The number of hydrogen-bond donors (Lipinski definition) is 0. The molecule has 1 aromatic carbocycles.